The molecule has 0 spiro atoms. The zero-order valence-corrected chi connectivity index (χ0v) is 11.1. The minimum Gasteiger partial charge on any atom is -0.369 e. The monoisotopic (exact) mass is 291 g/mol. The SMILES string of the molecule is CN1CC(C(N)=O)C(=O)c2cc3cc(F)c(F)cc3nc21. The summed E-state index contributed by atoms with van der Waals surface area (Å²) in [7, 11) is 1.65. The van der Waals surface area contributed by atoms with Crippen LogP contribution in [0.25, 0.3) is 10.9 Å². The van der Waals surface area contributed by atoms with Gasteiger partial charge in [0.2, 0.25) is 5.91 Å². The molecule has 0 bridgehead atoms. The first-order valence-corrected chi connectivity index (χ1v) is 6.23. The summed E-state index contributed by atoms with van der Waals surface area (Å²) in [6.45, 7) is 0.114. The number of Topliss-reactive ketones (excluding diaryl/α,β-unsaturated/α-hetero) is 1. The van der Waals surface area contributed by atoms with Crippen LogP contribution in [-0.4, -0.2) is 30.3 Å². The third-order valence-corrected chi connectivity index (χ3v) is 3.58. The third kappa shape index (κ3) is 2.01. The van der Waals surface area contributed by atoms with Gasteiger partial charge < -0.3 is 10.6 Å². The molecule has 5 nitrogen and oxygen atoms in total. The average molecular weight is 291 g/mol. The summed E-state index contributed by atoms with van der Waals surface area (Å²) in [6, 6.07) is 3.36. The van der Waals surface area contributed by atoms with Crippen LogP contribution in [0.2, 0.25) is 0 Å². The van der Waals surface area contributed by atoms with E-state index in [9.17, 15) is 18.4 Å². The molecule has 1 atom stereocenters. The van der Waals surface area contributed by atoms with Crippen molar-refractivity contribution in [2.45, 2.75) is 0 Å². The Balaban J connectivity index is 2.24. The molecule has 1 aliphatic heterocycles. The highest BCUT2D eigenvalue weighted by Gasteiger charge is 2.35. The number of amides is 1. The van der Waals surface area contributed by atoms with E-state index in [0.29, 0.717) is 11.2 Å². The number of halogens is 2. The molecule has 1 aromatic carbocycles. The molecule has 3 rings (SSSR count). The number of hydrogen-bond donors (Lipinski definition) is 1. The molecule has 1 aromatic heterocycles. The number of aromatic nitrogens is 1. The highest BCUT2D eigenvalue weighted by Crippen LogP contribution is 2.30. The van der Waals surface area contributed by atoms with E-state index in [4.69, 9.17) is 5.73 Å². The highest BCUT2D eigenvalue weighted by molar-refractivity contribution is 6.15. The molecule has 0 saturated heterocycles. The molecule has 1 aliphatic rings. The van der Waals surface area contributed by atoms with Crippen LogP contribution in [0.3, 0.4) is 0 Å². The van der Waals surface area contributed by atoms with Crippen LogP contribution >= 0.6 is 0 Å². The Kier molecular flexibility index (Phi) is 2.86. The quantitative estimate of drug-likeness (QED) is 0.802. The largest absolute Gasteiger partial charge is 0.369 e. The maximum absolute atomic E-state index is 13.3. The van der Waals surface area contributed by atoms with Crippen molar-refractivity contribution in [1.29, 1.82) is 0 Å². The van der Waals surface area contributed by atoms with Crippen molar-refractivity contribution in [3.8, 4) is 0 Å². The van der Waals surface area contributed by atoms with Gasteiger partial charge >= 0.3 is 0 Å². The van der Waals surface area contributed by atoms with Crippen LogP contribution in [0.1, 0.15) is 10.4 Å². The summed E-state index contributed by atoms with van der Waals surface area (Å²) >= 11 is 0. The van der Waals surface area contributed by atoms with Gasteiger partial charge in [0, 0.05) is 25.0 Å². The predicted octanol–water partition coefficient (Wildman–Crippen LogP) is 1.25. The topological polar surface area (TPSA) is 76.3 Å². The molecule has 0 fully saturated rings. The molecule has 1 unspecified atom stereocenters. The number of carbonyl (C=O) groups is 2. The fourth-order valence-electron chi connectivity index (χ4n) is 2.48. The molecule has 21 heavy (non-hydrogen) atoms. The number of fused-ring (bicyclic) bond motifs is 2. The van der Waals surface area contributed by atoms with Gasteiger partial charge in [-0.15, -0.1) is 0 Å². The van der Waals surface area contributed by atoms with Crippen molar-refractivity contribution >= 4 is 28.4 Å². The van der Waals surface area contributed by atoms with Gasteiger partial charge in [-0.1, -0.05) is 0 Å². The average Bonchev–Trinajstić information content (AvgIpc) is 2.42. The Morgan fingerprint density at radius 2 is 2.00 bits per heavy atom. The lowest BCUT2D eigenvalue weighted by molar-refractivity contribution is -0.120. The maximum Gasteiger partial charge on any atom is 0.230 e. The Bertz CT molecular complexity index is 791. The van der Waals surface area contributed by atoms with Crippen molar-refractivity contribution in [3.05, 3.63) is 35.4 Å². The van der Waals surface area contributed by atoms with Gasteiger partial charge in [0.05, 0.1) is 11.1 Å². The number of anilines is 1. The second kappa shape index (κ2) is 4.47. The number of rotatable bonds is 1. The summed E-state index contributed by atoms with van der Waals surface area (Å²) in [5, 5.41) is 0.291. The molecule has 2 N–H and O–H groups in total. The van der Waals surface area contributed by atoms with Crippen LogP contribution in [0, 0.1) is 17.6 Å². The van der Waals surface area contributed by atoms with Gasteiger partial charge in [-0.3, -0.25) is 9.59 Å². The van der Waals surface area contributed by atoms with Gasteiger partial charge in [-0.25, -0.2) is 13.8 Å². The fourth-order valence-corrected chi connectivity index (χ4v) is 2.48. The van der Waals surface area contributed by atoms with E-state index in [0.717, 1.165) is 12.1 Å². The van der Waals surface area contributed by atoms with Crippen molar-refractivity contribution in [2.75, 3.05) is 18.5 Å². The summed E-state index contributed by atoms with van der Waals surface area (Å²) in [4.78, 5) is 29.4. The normalized spacial score (nSPS) is 18.0. The van der Waals surface area contributed by atoms with Gasteiger partial charge in [0.1, 0.15) is 11.7 Å². The highest BCUT2D eigenvalue weighted by atomic mass is 19.2. The zero-order valence-electron chi connectivity index (χ0n) is 11.1. The lowest BCUT2D eigenvalue weighted by Crippen LogP contribution is -2.44. The van der Waals surface area contributed by atoms with E-state index in [1.807, 2.05) is 0 Å². The maximum atomic E-state index is 13.3. The third-order valence-electron chi connectivity index (χ3n) is 3.58. The number of pyridine rings is 1. The number of hydrogen-bond acceptors (Lipinski definition) is 4. The van der Waals surface area contributed by atoms with Crippen LogP contribution in [0.5, 0.6) is 0 Å². The van der Waals surface area contributed by atoms with Gasteiger partial charge in [-0.05, 0) is 12.1 Å². The van der Waals surface area contributed by atoms with Crippen molar-refractivity contribution < 1.29 is 18.4 Å². The second-order valence-electron chi connectivity index (χ2n) is 5.02. The molecule has 7 heteroatoms. The van der Waals surface area contributed by atoms with Crippen LogP contribution in [0.15, 0.2) is 18.2 Å². The molecule has 2 aromatic rings. The molecule has 0 saturated carbocycles. The van der Waals surface area contributed by atoms with Gasteiger partial charge in [0.15, 0.2) is 17.4 Å². The van der Waals surface area contributed by atoms with E-state index in [-0.39, 0.29) is 17.6 Å². The molecule has 0 aliphatic carbocycles. The number of nitrogens with two attached hydrogens (primary N) is 1. The first-order valence-electron chi connectivity index (χ1n) is 6.23. The van der Waals surface area contributed by atoms with Crippen LogP contribution < -0.4 is 10.6 Å². The Hall–Kier alpha value is -2.57. The smallest absolute Gasteiger partial charge is 0.230 e. The van der Waals surface area contributed by atoms with E-state index < -0.39 is 29.2 Å². The number of benzene rings is 1. The van der Waals surface area contributed by atoms with E-state index in [1.54, 1.807) is 11.9 Å². The standard InChI is InChI=1S/C14H11F2N3O2/c1-19-5-8(13(17)21)12(20)7-2-6-3-9(15)10(16)4-11(6)18-14(7)19/h2-4,8H,5H2,1H3,(H2,17,21). The number of primary amides is 1. The van der Waals surface area contributed by atoms with Crippen molar-refractivity contribution in [1.82, 2.24) is 4.98 Å². The number of nitrogens with zero attached hydrogens (tertiary/aromatic N) is 2. The van der Waals surface area contributed by atoms with Gasteiger partial charge in [-0.2, -0.15) is 0 Å². The van der Waals surface area contributed by atoms with Crippen molar-refractivity contribution in [2.24, 2.45) is 11.7 Å². The molecular formula is C14H11F2N3O2. The first kappa shape index (κ1) is 13.4. The number of carbonyl (C=O) groups excluding carboxylic acids is 2. The summed E-state index contributed by atoms with van der Waals surface area (Å²) in [6.07, 6.45) is 0. The minimum atomic E-state index is -1.02. The summed E-state index contributed by atoms with van der Waals surface area (Å²) < 4.78 is 26.6. The fraction of sp³-hybridized carbons (Fsp3) is 0.214. The lowest BCUT2D eigenvalue weighted by Gasteiger charge is -2.29. The molecule has 0 radical (unpaired) electrons. The second-order valence-corrected chi connectivity index (χ2v) is 5.02. The molecule has 1 amide bonds. The van der Waals surface area contributed by atoms with Gasteiger partial charge in [0.25, 0.3) is 0 Å². The van der Waals surface area contributed by atoms with Crippen LogP contribution in [-0.2, 0) is 4.79 Å². The molecule has 2 heterocycles. The number of ketones is 1. The van der Waals surface area contributed by atoms with E-state index in [2.05, 4.69) is 4.98 Å². The van der Waals surface area contributed by atoms with Crippen LogP contribution in [0.4, 0.5) is 14.6 Å². The zero-order chi connectivity index (χ0) is 15.3. The minimum absolute atomic E-state index is 0.114. The molecular weight excluding hydrogens is 280 g/mol. The predicted molar refractivity (Wildman–Crippen MR) is 71.9 cm³/mol. The van der Waals surface area contributed by atoms with Crippen molar-refractivity contribution in [3.63, 3.8) is 0 Å². The Labute approximate surface area is 118 Å². The molecule has 108 valence electrons. The summed E-state index contributed by atoms with van der Waals surface area (Å²) in [5.41, 5.74) is 5.64. The Morgan fingerprint density at radius 1 is 1.33 bits per heavy atom. The first-order chi connectivity index (χ1) is 9.88. The van der Waals surface area contributed by atoms with E-state index >= 15 is 0 Å². The van der Waals surface area contributed by atoms with E-state index in [1.165, 1.54) is 6.07 Å². The Morgan fingerprint density at radius 3 is 2.67 bits per heavy atom. The lowest BCUT2D eigenvalue weighted by atomic mass is 9.92. The summed E-state index contributed by atoms with van der Waals surface area (Å²) in [5.74, 6) is -3.83.